The highest BCUT2D eigenvalue weighted by Crippen LogP contribution is 2.21. The van der Waals surface area contributed by atoms with Crippen LogP contribution in [0.3, 0.4) is 0 Å². The van der Waals surface area contributed by atoms with Crippen LogP contribution < -0.4 is 14.9 Å². The van der Waals surface area contributed by atoms with Gasteiger partial charge in [0.15, 0.2) is 6.61 Å². The lowest BCUT2D eigenvalue weighted by molar-refractivity contribution is -0.151. The molecule has 0 bridgehead atoms. The average Bonchev–Trinajstić information content (AvgIpc) is 2.82. The number of piperidine rings is 1. The fourth-order valence-corrected chi connectivity index (χ4v) is 4.78. The largest absolute Gasteiger partial charge is 0.454 e. The summed E-state index contributed by atoms with van der Waals surface area (Å²) in [7, 11) is -4.25. The third-order valence-corrected chi connectivity index (χ3v) is 6.82. The maximum atomic E-state index is 13.1. The lowest BCUT2D eigenvalue weighted by atomic mass is 10.1. The Bertz CT molecular complexity index is 1080. The van der Waals surface area contributed by atoms with Crippen LogP contribution in [-0.2, 0) is 24.3 Å². The van der Waals surface area contributed by atoms with Gasteiger partial charge in [0.1, 0.15) is 11.9 Å². The van der Waals surface area contributed by atoms with Gasteiger partial charge in [-0.15, -0.1) is 0 Å². The first-order chi connectivity index (χ1) is 16.2. The highest BCUT2D eigenvalue weighted by atomic mass is 32.2. The molecule has 1 amide bonds. The lowest BCUT2D eigenvalue weighted by Crippen LogP contribution is -2.48. The minimum Gasteiger partial charge on any atom is -0.454 e. The van der Waals surface area contributed by atoms with Crippen molar-refractivity contribution in [3.8, 4) is 0 Å². The molecule has 0 spiro atoms. The number of aliphatic hydroxyl groups is 1. The maximum absolute atomic E-state index is 13.1. The van der Waals surface area contributed by atoms with Crippen LogP contribution in [0.4, 0.5) is 15.8 Å². The molecule has 1 aliphatic rings. The fraction of sp³-hybridized carbons (Fsp3) is 0.391. The molecule has 34 heavy (non-hydrogen) atoms. The Balaban J connectivity index is 1.54. The van der Waals surface area contributed by atoms with Crippen molar-refractivity contribution in [3.63, 3.8) is 0 Å². The number of benzene rings is 2. The van der Waals surface area contributed by atoms with Gasteiger partial charge in [-0.25, -0.2) is 12.8 Å². The first-order valence-electron chi connectivity index (χ1n) is 10.9. The SMILES string of the molecule is C[C@H](O)[C@H](NS(=O)(=O)c1ccc(F)cc1)C(=O)OCC(=O)Nc1ccc(N2CCCCC2)cc1. The van der Waals surface area contributed by atoms with Crippen LogP contribution in [0, 0.1) is 5.82 Å². The van der Waals surface area contributed by atoms with Gasteiger partial charge < -0.3 is 20.1 Å². The third kappa shape index (κ3) is 6.99. The first kappa shape index (κ1) is 25.6. The number of carbonyl (C=O) groups is 2. The van der Waals surface area contributed by atoms with E-state index in [-0.39, 0.29) is 4.90 Å². The van der Waals surface area contributed by atoms with Gasteiger partial charge in [0.05, 0.1) is 11.0 Å². The second-order valence-electron chi connectivity index (χ2n) is 8.04. The number of aliphatic hydroxyl groups excluding tert-OH is 1. The molecule has 0 aliphatic carbocycles. The molecule has 9 nitrogen and oxygen atoms in total. The Morgan fingerprint density at radius 3 is 2.26 bits per heavy atom. The highest BCUT2D eigenvalue weighted by Gasteiger charge is 2.31. The van der Waals surface area contributed by atoms with Gasteiger partial charge in [-0.1, -0.05) is 0 Å². The van der Waals surface area contributed by atoms with Crippen molar-refractivity contribution in [3.05, 3.63) is 54.3 Å². The normalized spacial score (nSPS) is 15.9. The molecule has 3 N–H and O–H groups in total. The van der Waals surface area contributed by atoms with Crippen LogP contribution in [0.1, 0.15) is 26.2 Å². The van der Waals surface area contributed by atoms with Crippen molar-refractivity contribution in [2.45, 2.75) is 43.2 Å². The van der Waals surface area contributed by atoms with Crippen molar-refractivity contribution in [2.24, 2.45) is 0 Å². The number of hydrogen-bond acceptors (Lipinski definition) is 7. The quantitative estimate of drug-likeness (QED) is 0.457. The van der Waals surface area contributed by atoms with Crippen LogP contribution in [0.15, 0.2) is 53.4 Å². The van der Waals surface area contributed by atoms with Crippen molar-refractivity contribution < 1.29 is 32.2 Å². The second kappa shape index (κ2) is 11.4. The van der Waals surface area contributed by atoms with E-state index in [9.17, 15) is 27.5 Å². The number of rotatable bonds is 9. The number of esters is 1. The molecule has 11 heteroatoms. The maximum Gasteiger partial charge on any atom is 0.327 e. The topological polar surface area (TPSA) is 125 Å². The lowest BCUT2D eigenvalue weighted by Gasteiger charge is -2.28. The van der Waals surface area contributed by atoms with Crippen molar-refractivity contribution in [1.82, 2.24) is 4.72 Å². The Morgan fingerprint density at radius 1 is 1.06 bits per heavy atom. The Hall–Kier alpha value is -3.02. The van der Waals surface area contributed by atoms with Gasteiger partial charge in [-0.2, -0.15) is 4.72 Å². The van der Waals surface area contributed by atoms with Gasteiger partial charge in [-0.3, -0.25) is 9.59 Å². The molecule has 2 aromatic rings. The summed E-state index contributed by atoms with van der Waals surface area (Å²) >= 11 is 0. The average molecular weight is 494 g/mol. The fourth-order valence-electron chi connectivity index (χ4n) is 3.52. The number of sulfonamides is 1. The molecule has 1 aliphatic heterocycles. The van der Waals surface area contributed by atoms with Crippen LogP contribution in [0.5, 0.6) is 0 Å². The molecular formula is C23H28FN3O6S. The van der Waals surface area contributed by atoms with Gasteiger partial charge in [-0.05, 0) is 74.7 Å². The summed E-state index contributed by atoms with van der Waals surface area (Å²) in [5, 5.41) is 12.5. The van der Waals surface area contributed by atoms with E-state index in [1.54, 1.807) is 12.1 Å². The van der Waals surface area contributed by atoms with Crippen LogP contribution in [0.25, 0.3) is 0 Å². The summed E-state index contributed by atoms with van der Waals surface area (Å²) in [6.45, 7) is 2.52. The Morgan fingerprint density at radius 2 is 1.68 bits per heavy atom. The predicted molar refractivity (Wildman–Crippen MR) is 124 cm³/mol. The number of amides is 1. The van der Waals surface area contributed by atoms with E-state index in [0.29, 0.717) is 5.69 Å². The van der Waals surface area contributed by atoms with E-state index in [1.165, 1.54) is 13.3 Å². The van der Waals surface area contributed by atoms with Gasteiger partial charge in [0, 0.05) is 24.5 Å². The molecule has 0 saturated carbocycles. The van der Waals surface area contributed by atoms with E-state index in [2.05, 4.69) is 10.2 Å². The smallest absolute Gasteiger partial charge is 0.327 e. The monoisotopic (exact) mass is 493 g/mol. The molecule has 184 valence electrons. The molecule has 0 radical (unpaired) electrons. The summed E-state index contributed by atoms with van der Waals surface area (Å²) < 4.78 is 44.9. The van der Waals surface area contributed by atoms with E-state index in [4.69, 9.17) is 4.74 Å². The number of hydrogen-bond donors (Lipinski definition) is 3. The summed E-state index contributed by atoms with van der Waals surface area (Å²) in [5.41, 5.74) is 1.59. The van der Waals surface area contributed by atoms with Gasteiger partial charge in [0.25, 0.3) is 5.91 Å². The third-order valence-electron chi connectivity index (χ3n) is 5.36. The molecule has 3 rings (SSSR count). The number of carbonyl (C=O) groups excluding carboxylic acids is 2. The zero-order valence-corrected chi connectivity index (χ0v) is 19.6. The van der Waals surface area contributed by atoms with Gasteiger partial charge in [0.2, 0.25) is 10.0 Å². The van der Waals surface area contributed by atoms with Crippen molar-refractivity contribution in [1.29, 1.82) is 0 Å². The molecule has 1 fully saturated rings. The number of halogens is 1. The summed E-state index contributed by atoms with van der Waals surface area (Å²) in [6.07, 6.45) is 2.08. The van der Waals surface area contributed by atoms with E-state index >= 15 is 0 Å². The Labute approximate surface area is 198 Å². The minimum atomic E-state index is -4.25. The molecule has 0 unspecified atom stereocenters. The number of nitrogens with zero attached hydrogens (tertiary/aromatic N) is 1. The number of nitrogens with one attached hydrogen (secondary N) is 2. The molecule has 2 atom stereocenters. The van der Waals surface area contributed by atoms with Crippen LogP contribution in [-0.4, -0.2) is 57.2 Å². The standard InChI is InChI=1S/C23H28FN3O6S/c1-16(28)22(26-34(31,32)20-11-5-17(24)6-12-20)23(30)33-15-21(29)25-18-7-9-19(10-8-18)27-13-3-2-4-14-27/h5-12,16,22,26,28H,2-4,13-15H2,1H3,(H,25,29)/t16-,22-/m0/s1. The van der Waals surface area contributed by atoms with Crippen LogP contribution in [0.2, 0.25) is 0 Å². The van der Waals surface area contributed by atoms with E-state index in [0.717, 1.165) is 55.9 Å². The zero-order chi connectivity index (χ0) is 24.7. The zero-order valence-electron chi connectivity index (χ0n) is 18.7. The van der Waals surface area contributed by atoms with E-state index < -0.39 is 46.5 Å². The van der Waals surface area contributed by atoms with Crippen molar-refractivity contribution >= 4 is 33.3 Å². The summed E-state index contributed by atoms with van der Waals surface area (Å²) in [4.78, 5) is 26.6. The molecule has 2 aromatic carbocycles. The highest BCUT2D eigenvalue weighted by molar-refractivity contribution is 7.89. The number of ether oxygens (including phenoxy) is 1. The summed E-state index contributed by atoms with van der Waals surface area (Å²) in [6, 6.07) is 9.59. The first-order valence-corrected chi connectivity index (χ1v) is 12.4. The predicted octanol–water partition coefficient (Wildman–Crippen LogP) is 2.03. The van der Waals surface area contributed by atoms with E-state index in [1.807, 2.05) is 16.9 Å². The van der Waals surface area contributed by atoms with Crippen molar-refractivity contribution in [2.75, 3.05) is 29.9 Å². The van der Waals surface area contributed by atoms with Crippen LogP contribution >= 0.6 is 0 Å². The molecule has 1 heterocycles. The molecular weight excluding hydrogens is 465 g/mol. The molecule has 0 aromatic heterocycles. The minimum absolute atomic E-state index is 0.293. The second-order valence-corrected chi connectivity index (χ2v) is 9.76. The number of anilines is 2. The summed E-state index contributed by atoms with van der Waals surface area (Å²) in [5.74, 6) is -2.38. The Kier molecular flexibility index (Phi) is 8.59. The van der Waals surface area contributed by atoms with Gasteiger partial charge >= 0.3 is 5.97 Å². The molecule has 1 saturated heterocycles.